The monoisotopic (exact) mass is 740 g/mol. The van der Waals surface area contributed by atoms with Crippen molar-refractivity contribution in [3.63, 3.8) is 0 Å². The number of nitrogens with one attached hydrogen (secondary N) is 4. The number of anilines is 4. The van der Waals surface area contributed by atoms with Gasteiger partial charge in [0.15, 0.2) is 23.0 Å². The van der Waals surface area contributed by atoms with Crippen molar-refractivity contribution in [1.29, 1.82) is 0 Å². The Bertz CT molecular complexity index is 1890. The third kappa shape index (κ3) is 8.09. The molecule has 0 spiro atoms. The molecule has 0 amide bonds. The lowest BCUT2D eigenvalue weighted by Crippen LogP contribution is -2.40. The molecule has 0 saturated carbocycles. The van der Waals surface area contributed by atoms with E-state index in [1.807, 2.05) is 24.3 Å². The van der Waals surface area contributed by atoms with Gasteiger partial charge in [-0.15, -0.1) is 0 Å². The van der Waals surface area contributed by atoms with Gasteiger partial charge in [0.05, 0.1) is 39.0 Å². The average molecular weight is 741 g/mol. The first-order valence-electron chi connectivity index (χ1n) is 20.0. The number of nitrogens with zero attached hydrogens (tertiary/aromatic N) is 6. The Hall–Kier alpha value is -4.56. The van der Waals surface area contributed by atoms with Crippen LogP contribution < -0.4 is 50.0 Å². The molecule has 8 rings (SSSR count). The Balaban J connectivity index is 1.04. The third-order valence-electron chi connectivity index (χ3n) is 11.3. The number of piperidine rings is 4. The first-order chi connectivity index (χ1) is 26.6. The van der Waals surface area contributed by atoms with E-state index in [1.165, 1.54) is 6.42 Å². The third-order valence-corrected chi connectivity index (χ3v) is 11.3. The molecule has 2 aromatic carbocycles. The number of rotatable bonds is 12. The fraction of sp³-hybridized carbons (Fsp3) is 0.600. The molecule has 4 saturated heterocycles. The van der Waals surface area contributed by atoms with Crippen molar-refractivity contribution in [2.24, 2.45) is 5.92 Å². The van der Waals surface area contributed by atoms with E-state index in [2.05, 4.69) is 31.1 Å². The largest absolute Gasteiger partial charge is 0.493 e. The molecule has 1 unspecified atom stereocenters. The first-order valence-corrected chi connectivity index (χ1v) is 20.0. The van der Waals surface area contributed by atoms with Gasteiger partial charge in [0.2, 0.25) is 11.9 Å². The number of ether oxygens (including phenoxy) is 4. The molecule has 4 aromatic rings. The summed E-state index contributed by atoms with van der Waals surface area (Å²) in [6.45, 7) is 8.08. The van der Waals surface area contributed by atoms with Crippen molar-refractivity contribution in [3.8, 4) is 23.0 Å². The zero-order chi connectivity index (χ0) is 36.9. The van der Waals surface area contributed by atoms with E-state index in [4.69, 9.17) is 38.9 Å². The maximum absolute atomic E-state index is 6.64. The van der Waals surface area contributed by atoms with E-state index >= 15 is 0 Å². The smallest absolute Gasteiger partial charge is 0.227 e. The normalized spacial score (nSPS) is 22.2. The van der Waals surface area contributed by atoms with Crippen molar-refractivity contribution < 1.29 is 18.9 Å². The lowest BCUT2D eigenvalue weighted by atomic mass is 9.99. The SMILES string of the molecule is COc1cc2nc(N3CCCC(COc4cc5nc(N6CCCCC6)nc(N[C@@H]6CCCNC6)c5cc4OC)C3)nc(N[C@H]3CCCNC3)c2cc1OC. The highest BCUT2D eigenvalue weighted by Crippen LogP contribution is 2.38. The van der Waals surface area contributed by atoms with Gasteiger partial charge in [0.25, 0.3) is 0 Å². The first kappa shape index (κ1) is 36.4. The molecule has 0 radical (unpaired) electrons. The van der Waals surface area contributed by atoms with Crippen LogP contribution in [0.5, 0.6) is 23.0 Å². The van der Waals surface area contributed by atoms with Crippen LogP contribution in [0.25, 0.3) is 21.8 Å². The lowest BCUT2D eigenvalue weighted by Gasteiger charge is -2.33. The van der Waals surface area contributed by atoms with Crippen LogP contribution in [0.1, 0.15) is 57.8 Å². The summed E-state index contributed by atoms with van der Waals surface area (Å²) in [4.78, 5) is 25.1. The van der Waals surface area contributed by atoms with Gasteiger partial charge >= 0.3 is 0 Å². The molecule has 4 aliphatic rings. The van der Waals surface area contributed by atoms with E-state index < -0.39 is 0 Å². The second-order valence-corrected chi connectivity index (χ2v) is 15.2. The molecule has 0 aliphatic carbocycles. The Morgan fingerprint density at radius 2 is 1.15 bits per heavy atom. The number of aromatic nitrogens is 4. The molecular weight excluding hydrogens is 685 g/mol. The van der Waals surface area contributed by atoms with Gasteiger partial charge in [0, 0.05) is 80.2 Å². The van der Waals surface area contributed by atoms with E-state index in [1.54, 1.807) is 21.3 Å². The van der Waals surface area contributed by atoms with E-state index in [9.17, 15) is 0 Å². The Labute approximate surface area is 318 Å². The summed E-state index contributed by atoms with van der Waals surface area (Å²) in [7, 11) is 5.02. The summed E-state index contributed by atoms with van der Waals surface area (Å²) < 4.78 is 23.9. The summed E-state index contributed by atoms with van der Waals surface area (Å²) >= 11 is 0. The molecular formula is C40H56N10O4. The Morgan fingerprint density at radius 1 is 0.611 bits per heavy atom. The summed E-state index contributed by atoms with van der Waals surface area (Å²) in [6.07, 6.45) is 10.1. The molecule has 6 heterocycles. The average Bonchev–Trinajstić information content (AvgIpc) is 3.23. The van der Waals surface area contributed by atoms with Crippen LogP contribution in [0.15, 0.2) is 24.3 Å². The second kappa shape index (κ2) is 16.8. The number of benzene rings is 2. The van der Waals surface area contributed by atoms with Gasteiger partial charge in [0.1, 0.15) is 11.6 Å². The van der Waals surface area contributed by atoms with Crippen LogP contribution in [0.4, 0.5) is 23.5 Å². The topological polar surface area (TPSA) is 143 Å². The van der Waals surface area contributed by atoms with E-state index in [-0.39, 0.29) is 12.0 Å². The van der Waals surface area contributed by atoms with Gasteiger partial charge in [-0.2, -0.15) is 9.97 Å². The zero-order valence-electron chi connectivity index (χ0n) is 32.1. The van der Waals surface area contributed by atoms with Gasteiger partial charge in [-0.05, 0) is 83.0 Å². The highest BCUT2D eigenvalue weighted by molar-refractivity contribution is 5.94. The van der Waals surface area contributed by atoms with Crippen molar-refractivity contribution in [1.82, 2.24) is 30.6 Å². The van der Waals surface area contributed by atoms with E-state index in [0.717, 1.165) is 143 Å². The number of hydrogen-bond acceptors (Lipinski definition) is 14. The molecule has 2 aromatic heterocycles. The highest BCUT2D eigenvalue weighted by atomic mass is 16.5. The molecule has 14 heteroatoms. The van der Waals surface area contributed by atoms with Gasteiger partial charge in [-0.1, -0.05) is 0 Å². The predicted molar refractivity (Wildman–Crippen MR) is 214 cm³/mol. The van der Waals surface area contributed by atoms with E-state index in [0.29, 0.717) is 41.6 Å². The highest BCUT2D eigenvalue weighted by Gasteiger charge is 2.27. The van der Waals surface area contributed by atoms with Crippen LogP contribution in [-0.4, -0.2) is 112 Å². The van der Waals surface area contributed by atoms with Crippen LogP contribution in [0, 0.1) is 5.92 Å². The van der Waals surface area contributed by atoms with Crippen molar-refractivity contribution in [2.45, 2.75) is 69.9 Å². The van der Waals surface area contributed by atoms with Crippen LogP contribution in [0.2, 0.25) is 0 Å². The predicted octanol–water partition coefficient (Wildman–Crippen LogP) is 5.21. The van der Waals surface area contributed by atoms with Crippen molar-refractivity contribution >= 4 is 45.3 Å². The van der Waals surface area contributed by atoms with Gasteiger partial charge in [-0.25, -0.2) is 9.97 Å². The quantitative estimate of drug-likeness (QED) is 0.151. The minimum atomic E-state index is 0.271. The summed E-state index contributed by atoms with van der Waals surface area (Å²) in [5.41, 5.74) is 1.69. The number of methoxy groups -OCH3 is 3. The minimum Gasteiger partial charge on any atom is -0.493 e. The Morgan fingerprint density at radius 3 is 1.72 bits per heavy atom. The summed E-state index contributed by atoms with van der Waals surface area (Å²) in [5.74, 6) is 6.15. The molecule has 290 valence electrons. The fourth-order valence-corrected chi connectivity index (χ4v) is 8.36. The fourth-order valence-electron chi connectivity index (χ4n) is 8.36. The number of fused-ring (bicyclic) bond motifs is 2. The standard InChI is InChI=1S/C40H56N10O4/c1-51-33-18-29-31(20-35(33)53-3)46-40(48-38(29)44-28-12-8-14-42-23-28)50-17-9-10-26(24-50)25-54-36-21-32-30(19-34(36)52-2)37(43-27-11-7-13-41-22-27)47-39(45-32)49-15-5-4-6-16-49/h18-21,26-28,41-42H,4-17,22-25H2,1-3H3,(H,43,45,47)(H,44,46,48)/t26?,27-,28+/m1/s1. The zero-order valence-corrected chi connectivity index (χ0v) is 32.1. The van der Waals surface area contributed by atoms with Crippen LogP contribution in [0.3, 0.4) is 0 Å². The molecule has 4 aliphatic heterocycles. The second-order valence-electron chi connectivity index (χ2n) is 15.2. The molecule has 14 nitrogen and oxygen atoms in total. The van der Waals surface area contributed by atoms with Crippen molar-refractivity contribution in [2.75, 3.05) is 101 Å². The summed E-state index contributed by atoms with van der Waals surface area (Å²) in [6, 6.07) is 8.61. The van der Waals surface area contributed by atoms with Crippen LogP contribution in [-0.2, 0) is 0 Å². The molecule has 3 atom stereocenters. The van der Waals surface area contributed by atoms with Gasteiger partial charge < -0.3 is 50.0 Å². The molecule has 0 bridgehead atoms. The summed E-state index contributed by atoms with van der Waals surface area (Å²) in [5, 5.41) is 16.4. The Kier molecular flexibility index (Phi) is 11.4. The number of hydrogen-bond donors (Lipinski definition) is 4. The van der Waals surface area contributed by atoms with Crippen LogP contribution >= 0.6 is 0 Å². The molecule has 4 N–H and O–H groups in total. The lowest BCUT2D eigenvalue weighted by molar-refractivity contribution is 0.220. The maximum Gasteiger partial charge on any atom is 0.227 e. The van der Waals surface area contributed by atoms with Gasteiger partial charge in [-0.3, -0.25) is 0 Å². The maximum atomic E-state index is 6.64. The van der Waals surface area contributed by atoms with Crippen molar-refractivity contribution in [3.05, 3.63) is 24.3 Å². The molecule has 54 heavy (non-hydrogen) atoms. The minimum absolute atomic E-state index is 0.271. The molecule has 4 fully saturated rings.